The number of benzene rings is 2. The average Bonchev–Trinajstić information content (AvgIpc) is 3.43. The molecular weight excluding hydrogens is 444 g/mol. The van der Waals surface area contributed by atoms with Gasteiger partial charge in [-0.1, -0.05) is 74.7 Å². The number of amides is 2. The molecule has 2 amide bonds. The summed E-state index contributed by atoms with van der Waals surface area (Å²) in [7, 11) is 0. The van der Waals surface area contributed by atoms with E-state index in [0.29, 0.717) is 19.3 Å². The maximum Gasteiger partial charge on any atom is 0.407 e. The van der Waals surface area contributed by atoms with Gasteiger partial charge in [0.25, 0.3) is 0 Å². The van der Waals surface area contributed by atoms with Crippen LogP contribution in [0.15, 0.2) is 48.5 Å². The van der Waals surface area contributed by atoms with Gasteiger partial charge >= 0.3 is 12.1 Å². The molecule has 1 saturated carbocycles. The van der Waals surface area contributed by atoms with Crippen LogP contribution in [-0.4, -0.2) is 41.8 Å². The van der Waals surface area contributed by atoms with Crippen LogP contribution >= 0.6 is 0 Å². The van der Waals surface area contributed by atoms with Crippen molar-refractivity contribution in [2.45, 2.75) is 69.9 Å². The van der Waals surface area contributed by atoms with Crippen molar-refractivity contribution in [1.29, 1.82) is 0 Å². The largest absolute Gasteiger partial charge is 0.481 e. The van der Waals surface area contributed by atoms with Crippen LogP contribution in [0, 0.1) is 5.92 Å². The highest BCUT2D eigenvalue weighted by Gasteiger charge is 2.36. The molecule has 4 rings (SSSR count). The van der Waals surface area contributed by atoms with Crippen LogP contribution in [-0.2, 0) is 14.3 Å². The maximum atomic E-state index is 12.9. The number of hydrogen-bond acceptors (Lipinski definition) is 4. The summed E-state index contributed by atoms with van der Waals surface area (Å²) in [5, 5.41) is 15.0. The highest BCUT2D eigenvalue weighted by molar-refractivity contribution is 5.82. The van der Waals surface area contributed by atoms with Gasteiger partial charge in [0.05, 0.1) is 12.3 Å². The number of carboxylic acids is 1. The van der Waals surface area contributed by atoms with E-state index in [0.717, 1.165) is 30.4 Å². The lowest BCUT2D eigenvalue weighted by molar-refractivity contribution is -0.138. The van der Waals surface area contributed by atoms with Gasteiger partial charge in [0.1, 0.15) is 6.61 Å². The van der Waals surface area contributed by atoms with Crippen molar-refractivity contribution >= 4 is 18.0 Å². The van der Waals surface area contributed by atoms with E-state index in [2.05, 4.69) is 34.9 Å². The number of carbonyl (C=O) groups is 3. The summed E-state index contributed by atoms with van der Waals surface area (Å²) in [6.07, 6.45) is 3.98. The van der Waals surface area contributed by atoms with Crippen LogP contribution < -0.4 is 10.6 Å². The minimum atomic E-state index is -0.925. The second-order valence-corrected chi connectivity index (χ2v) is 9.56. The molecule has 0 saturated heterocycles. The van der Waals surface area contributed by atoms with Crippen molar-refractivity contribution in [2.24, 2.45) is 5.92 Å². The zero-order chi connectivity index (χ0) is 24.8. The van der Waals surface area contributed by atoms with Gasteiger partial charge in [0.2, 0.25) is 5.91 Å². The van der Waals surface area contributed by atoms with Crippen molar-refractivity contribution < 1.29 is 24.2 Å². The lowest BCUT2D eigenvalue weighted by Gasteiger charge is -2.24. The Balaban J connectivity index is 1.34. The number of aliphatic carboxylic acids is 1. The van der Waals surface area contributed by atoms with E-state index in [-0.39, 0.29) is 36.8 Å². The van der Waals surface area contributed by atoms with Crippen LogP contribution in [0.3, 0.4) is 0 Å². The molecule has 0 aromatic heterocycles. The maximum absolute atomic E-state index is 12.9. The smallest absolute Gasteiger partial charge is 0.407 e. The molecule has 0 radical (unpaired) electrons. The van der Waals surface area contributed by atoms with Crippen LogP contribution in [0.4, 0.5) is 4.79 Å². The van der Waals surface area contributed by atoms with E-state index >= 15 is 0 Å². The van der Waals surface area contributed by atoms with Crippen molar-refractivity contribution in [1.82, 2.24) is 10.6 Å². The first kappa shape index (κ1) is 24.8. The molecule has 186 valence electrons. The molecule has 2 aliphatic rings. The third-order valence-corrected chi connectivity index (χ3v) is 7.17. The zero-order valence-electron chi connectivity index (χ0n) is 20.2. The molecule has 0 heterocycles. The minimum absolute atomic E-state index is 0.0221. The molecule has 2 aromatic carbocycles. The first-order valence-electron chi connectivity index (χ1n) is 12.6. The Morgan fingerprint density at radius 3 is 2.31 bits per heavy atom. The first-order chi connectivity index (χ1) is 17.0. The van der Waals surface area contributed by atoms with E-state index in [9.17, 15) is 19.5 Å². The fourth-order valence-corrected chi connectivity index (χ4v) is 5.43. The quantitative estimate of drug-likeness (QED) is 0.453. The topological polar surface area (TPSA) is 105 Å². The summed E-state index contributed by atoms with van der Waals surface area (Å²) < 4.78 is 5.66. The molecule has 0 aliphatic heterocycles. The van der Waals surface area contributed by atoms with Gasteiger partial charge in [-0.15, -0.1) is 0 Å². The Bertz CT molecular complexity index is 1020. The number of carboxylic acid groups (broad SMARTS) is 1. The zero-order valence-corrected chi connectivity index (χ0v) is 20.2. The summed E-state index contributed by atoms with van der Waals surface area (Å²) in [6.45, 7) is 2.26. The summed E-state index contributed by atoms with van der Waals surface area (Å²) in [6, 6.07) is 15.6. The number of rotatable bonds is 10. The van der Waals surface area contributed by atoms with Crippen LogP contribution in [0.25, 0.3) is 11.1 Å². The van der Waals surface area contributed by atoms with Crippen molar-refractivity contribution in [3.8, 4) is 11.1 Å². The minimum Gasteiger partial charge on any atom is -0.481 e. The van der Waals surface area contributed by atoms with Crippen molar-refractivity contribution in [3.63, 3.8) is 0 Å². The highest BCUT2D eigenvalue weighted by atomic mass is 16.5. The molecule has 0 spiro atoms. The predicted molar refractivity (Wildman–Crippen MR) is 133 cm³/mol. The SMILES string of the molecule is CCCC[C@@H](CC(=O)O)NC(=O)C1CCCC1NC(=O)OCC1c2ccccc2-c2ccccc21. The molecule has 7 heteroatoms. The molecule has 2 aliphatic carbocycles. The number of nitrogens with one attached hydrogen (secondary N) is 2. The summed E-state index contributed by atoms with van der Waals surface area (Å²) in [4.78, 5) is 36.8. The Morgan fingerprint density at radius 1 is 1.03 bits per heavy atom. The Hall–Kier alpha value is -3.35. The molecule has 7 nitrogen and oxygen atoms in total. The number of carbonyl (C=O) groups excluding carboxylic acids is 2. The number of fused-ring (bicyclic) bond motifs is 3. The first-order valence-corrected chi connectivity index (χ1v) is 12.6. The monoisotopic (exact) mass is 478 g/mol. The van der Waals surface area contributed by atoms with E-state index in [1.54, 1.807) is 0 Å². The van der Waals surface area contributed by atoms with Gasteiger partial charge in [-0.25, -0.2) is 4.79 Å². The van der Waals surface area contributed by atoms with Crippen molar-refractivity contribution in [3.05, 3.63) is 59.7 Å². The summed E-state index contributed by atoms with van der Waals surface area (Å²) >= 11 is 0. The summed E-state index contributed by atoms with van der Waals surface area (Å²) in [5.41, 5.74) is 4.64. The average molecular weight is 479 g/mol. The number of hydrogen-bond donors (Lipinski definition) is 3. The number of alkyl carbamates (subject to hydrolysis) is 1. The fourth-order valence-electron chi connectivity index (χ4n) is 5.43. The highest BCUT2D eigenvalue weighted by Crippen LogP contribution is 2.44. The molecule has 35 heavy (non-hydrogen) atoms. The van der Waals surface area contributed by atoms with Gasteiger partial charge in [0.15, 0.2) is 0 Å². The summed E-state index contributed by atoms with van der Waals surface area (Å²) in [5.74, 6) is -1.51. The van der Waals surface area contributed by atoms with E-state index in [1.807, 2.05) is 31.2 Å². The molecular formula is C28H34N2O5. The van der Waals surface area contributed by atoms with Gasteiger partial charge in [-0.3, -0.25) is 9.59 Å². The molecule has 2 unspecified atom stereocenters. The third kappa shape index (κ3) is 5.84. The van der Waals surface area contributed by atoms with E-state index < -0.39 is 18.1 Å². The van der Waals surface area contributed by atoms with Crippen LogP contribution in [0.5, 0.6) is 0 Å². The number of unbranched alkanes of at least 4 members (excludes halogenated alkanes) is 1. The number of ether oxygens (including phenoxy) is 1. The second-order valence-electron chi connectivity index (χ2n) is 9.56. The predicted octanol–water partition coefficient (Wildman–Crippen LogP) is 4.84. The van der Waals surface area contributed by atoms with E-state index in [4.69, 9.17) is 4.74 Å². The molecule has 1 fully saturated rings. The standard InChI is InChI=1S/C28H34N2O5/c1-2-3-9-18(16-26(31)32)29-27(33)23-14-8-15-25(23)30-28(34)35-17-24-21-12-6-4-10-19(21)20-11-5-7-13-22(20)24/h4-7,10-13,18,23-25H,2-3,8-9,14-17H2,1H3,(H,29,33)(H,30,34)(H,31,32)/t18-,23?,25?/m0/s1. The third-order valence-electron chi connectivity index (χ3n) is 7.17. The van der Waals surface area contributed by atoms with Crippen LogP contribution in [0.1, 0.15) is 68.9 Å². The lowest BCUT2D eigenvalue weighted by Crippen LogP contribution is -2.47. The fraction of sp³-hybridized carbons (Fsp3) is 0.464. The van der Waals surface area contributed by atoms with Gasteiger partial charge < -0.3 is 20.5 Å². The second kappa shape index (κ2) is 11.4. The molecule has 3 N–H and O–H groups in total. The molecule has 3 atom stereocenters. The van der Waals surface area contributed by atoms with E-state index in [1.165, 1.54) is 11.1 Å². The van der Waals surface area contributed by atoms with Gasteiger partial charge in [0, 0.05) is 18.0 Å². The van der Waals surface area contributed by atoms with Gasteiger partial charge in [-0.05, 0) is 41.5 Å². The Labute approximate surface area is 206 Å². The normalized spacial score (nSPS) is 19.5. The Kier molecular flexibility index (Phi) is 8.06. The lowest BCUT2D eigenvalue weighted by atomic mass is 9.98. The van der Waals surface area contributed by atoms with Crippen LogP contribution in [0.2, 0.25) is 0 Å². The molecule has 0 bridgehead atoms. The molecule has 2 aromatic rings. The van der Waals surface area contributed by atoms with Gasteiger partial charge in [-0.2, -0.15) is 0 Å². The Morgan fingerprint density at radius 2 is 1.69 bits per heavy atom. The van der Waals surface area contributed by atoms with Crippen molar-refractivity contribution in [2.75, 3.05) is 6.61 Å².